The van der Waals surface area contributed by atoms with Crippen molar-refractivity contribution in [2.75, 3.05) is 6.61 Å². The summed E-state index contributed by atoms with van der Waals surface area (Å²) in [4.78, 5) is 12.1. The van der Waals surface area contributed by atoms with E-state index in [-0.39, 0.29) is 5.97 Å². The highest BCUT2D eigenvalue weighted by molar-refractivity contribution is 9.10. The van der Waals surface area contributed by atoms with Crippen LogP contribution >= 0.6 is 15.9 Å². The predicted octanol–water partition coefficient (Wildman–Crippen LogP) is 4.55. The van der Waals surface area contributed by atoms with Crippen molar-refractivity contribution in [3.63, 3.8) is 0 Å². The quantitative estimate of drug-likeness (QED) is 0.653. The van der Waals surface area contributed by atoms with E-state index in [1.165, 1.54) is 0 Å². The van der Waals surface area contributed by atoms with Gasteiger partial charge >= 0.3 is 5.97 Å². The standard InChI is InChI=1S/C17H14BrNO2/c1-2-21-17(20)14-11-16(12-6-8-13(18)9-7-12)19-10-4-3-5-15(14)19/h3-11H,2H2,1H3. The van der Waals surface area contributed by atoms with Crippen LogP contribution in [0.25, 0.3) is 16.8 Å². The molecule has 1 aromatic carbocycles. The summed E-state index contributed by atoms with van der Waals surface area (Å²) in [6.07, 6.45) is 1.95. The summed E-state index contributed by atoms with van der Waals surface area (Å²) in [6, 6.07) is 15.7. The van der Waals surface area contributed by atoms with Gasteiger partial charge < -0.3 is 9.14 Å². The maximum atomic E-state index is 12.1. The second-order valence-electron chi connectivity index (χ2n) is 4.63. The van der Waals surface area contributed by atoms with Crippen LogP contribution < -0.4 is 0 Å². The van der Waals surface area contributed by atoms with E-state index in [9.17, 15) is 4.79 Å². The van der Waals surface area contributed by atoms with Crippen LogP contribution in [0.15, 0.2) is 59.2 Å². The number of aromatic nitrogens is 1. The van der Waals surface area contributed by atoms with Crippen molar-refractivity contribution < 1.29 is 9.53 Å². The fraction of sp³-hybridized carbons (Fsp3) is 0.118. The molecular formula is C17H14BrNO2. The number of carbonyl (C=O) groups is 1. The molecule has 0 aliphatic rings. The highest BCUT2D eigenvalue weighted by atomic mass is 79.9. The topological polar surface area (TPSA) is 30.7 Å². The first-order valence-corrected chi connectivity index (χ1v) is 7.53. The number of benzene rings is 1. The Morgan fingerprint density at radius 3 is 2.67 bits per heavy atom. The molecule has 0 bridgehead atoms. The number of rotatable bonds is 3. The molecule has 0 saturated carbocycles. The first-order chi connectivity index (χ1) is 10.2. The van der Waals surface area contributed by atoms with E-state index in [1.807, 2.05) is 66.1 Å². The van der Waals surface area contributed by atoms with Crippen LogP contribution in [0.3, 0.4) is 0 Å². The smallest absolute Gasteiger partial charge is 0.340 e. The maximum absolute atomic E-state index is 12.1. The van der Waals surface area contributed by atoms with Gasteiger partial charge in [0.15, 0.2) is 0 Å². The fourth-order valence-electron chi connectivity index (χ4n) is 2.37. The number of fused-ring (bicyclic) bond motifs is 1. The summed E-state index contributed by atoms with van der Waals surface area (Å²) in [6.45, 7) is 2.18. The molecule has 0 saturated heterocycles. The highest BCUT2D eigenvalue weighted by Crippen LogP contribution is 2.27. The Hall–Kier alpha value is -2.07. The minimum atomic E-state index is -0.287. The SMILES string of the molecule is CCOC(=O)c1cc(-c2ccc(Br)cc2)n2ccccc12. The molecule has 3 aromatic rings. The van der Waals surface area contributed by atoms with Crippen LogP contribution in [0.4, 0.5) is 0 Å². The number of hydrogen-bond acceptors (Lipinski definition) is 2. The van der Waals surface area contributed by atoms with Crippen molar-refractivity contribution in [2.24, 2.45) is 0 Å². The van der Waals surface area contributed by atoms with E-state index in [0.29, 0.717) is 12.2 Å². The van der Waals surface area contributed by atoms with Crippen LogP contribution in [0, 0.1) is 0 Å². The van der Waals surface area contributed by atoms with E-state index in [2.05, 4.69) is 15.9 Å². The number of ether oxygens (including phenoxy) is 1. The Morgan fingerprint density at radius 2 is 1.95 bits per heavy atom. The fourth-order valence-corrected chi connectivity index (χ4v) is 2.63. The van der Waals surface area contributed by atoms with Crippen LogP contribution in [0.5, 0.6) is 0 Å². The molecule has 2 heterocycles. The normalized spacial score (nSPS) is 10.8. The number of carbonyl (C=O) groups excluding carboxylic acids is 1. The molecule has 0 amide bonds. The lowest BCUT2D eigenvalue weighted by atomic mass is 10.1. The lowest BCUT2D eigenvalue weighted by Crippen LogP contribution is -2.03. The van der Waals surface area contributed by atoms with Gasteiger partial charge in [-0.25, -0.2) is 4.79 Å². The van der Waals surface area contributed by atoms with Crippen molar-refractivity contribution in [1.29, 1.82) is 0 Å². The number of esters is 1. The molecule has 4 heteroatoms. The Morgan fingerprint density at radius 1 is 1.19 bits per heavy atom. The van der Waals surface area contributed by atoms with E-state index >= 15 is 0 Å². The lowest BCUT2D eigenvalue weighted by molar-refractivity contribution is 0.0529. The summed E-state index contributed by atoms with van der Waals surface area (Å²) < 4.78 is 8.18. The third kappa shape index (κ3) is 2.59. The van der Waals surface area contributed by atoms with E-state index < -0.39 is 0 Å². The minimum Gasteiger partial charge on any atom is -0.462 e. The third-order valence-corrected chi connectivity index (χ3v) is 3.84. The van der Waals surface area contributed by atoms with Crippen molar-refractivity contribution in [3.05, 3.63) is 64.8 Å². The third-order valence-electron chi connectivity index (χ3n) is 3.31. The Balaban J connectivity index is 2.19. The molecular weight excluding hydrogens is 330 g/mol. The molecule has 21 heavy (non-hydrogen) atoms. The number of nitrogens with zero attached hydrogens (tertiary/aromatic N) is 1. The van der Waals surface area contributed by atoms with E-state index in [1.54, 1.807) is 0 Å². The van der Waals surface area contributed by atoms with Crippen molar-refractivity contribution in [3.8, 4) is 11.3 Å². The molecule has 2 aromatic heterocycles. The Bertz CT molecular complexity index is 790. The van der Waals surface area contributed by atoms with Crippen LogP contribution in [0.1, 0.15) is 17.3 Å². The molecule has 0 spiro atoms. The molecule has 0 atom stereocenters. The van der Waals surface area contributed by atoms with Gasteiger partial charge in [-0.15, -0.1) is 0 Å². The van der Waals surface area contributed by atoms with Gasteiger partial charge in [0.2, 0.25) is 0 Å². The maximum Gasteiger partial charge on any atom is 0.340 e. The molecule has 3 nitrogen and oxygen atoms in total. The molecule has 3 rings (SSSR count). The monoisotopic (exact) mass is 343 g/mol. The summed E-state index contributed by atoms with van der Waals surface area (Å²) in [5, 5.41) is 0. The second kappa shape index (κ2) is 5.74. The van der Waals surface area contributed by atoms with Gasteiger partial charge in [0.25, 0.3) is 0 Å². The number of pyridine rings is 1. The number of hydrogen-bond donors (Lipinski definition) is 0. The molecule has 0 unspecified atom stereocenters. The zero-order chi connectivity index (χ0) is 14.8. The second-order valence-corrected chi connectivity index (χ2v) is 5.54. The lowest BCUT2D eigenvalue weighted by Gasteiger charge is -2.03. The Kier molecular flexibility index (Phi) is 3.80. The molecule has 0 aliphatic heterocycles. The molecule has 106 valence electrons. The first kappa shape index (κ1) is 13.9. The zero-order valence-electron chi connectivity index (χ0n) is 11.5. The summed E-state index contributed by atoms with van der Waals surface area (Å²) >= 11 is 3.44. The molecule has 0 N–H and O–H groups in total. The van der Waals surface area contributed by atoms with Gasteiger partial charge in [-0.05, 0) is 42.8 Å². The summed E-state index contributed by atoms with van der Waals surface area (Å²) in [5.74, 6) is -0.287. The molecule has 0 radical (unpaired) electrons. The van der Waals surface area contributed by atoms with E-state index in [0.717, 1.165) is 21.2 Å². The minimum absolute atomic E-state index is 0.287. The van der Waals surface area contributed by atoms with Gasteiger partial charge in [-0.1, -0.05) is 34.1 Å². The van der Waals surface area contributed by atoms with Gasteiger partial charge in [0, 0.05) is 10.7 Å². The number of halogens is 1. The van der Waals surface area contributed by atoms with Crippen LogP contribution in [-0.4, -0.2) is 17.0 Å². The largest absolute Gasteiger partial charge is 0.462 e. The summed E-state index contributed by atoms with van der Waals surface area (Å²) in [7, 11) is 0. The van der Waals surface area contributed by atoms with Gasteiger partial charge in [0.1, 0.15) is 0 Å². The zero-order valence-corrected chi connectivity index (χ0v) is 13.1. The Labute approximate surface area is 131 Å². The average molecular weight is 344 g/mol. The van der Waals surface area contributed by atoms with Crippen LogP contribution in [0.2, 0.25) is 0 Å². The first-order valence-electron chi connectivity index (χ1n) is 6.74. The van der Waals surface area contributed by atoms with Gasteiger partial charge in [-0.3, -0.25) is 0 Å². The van der Waals surface area contributed by atoms with Crippen molar-refractivity contribution >= 4 is 27.4 Å². The van der Waals surface area contributed by atoms with Crippen LogP contribution in [-0.2, 0) is 4.74 Å². The van der Waals surface area contributed by atoms with Gasteiger partial charge in [0.05, 0.1) is 23.4 Å². The average Bonchev–Trinajstić information content (AvgIpc) is 2.88. The van der Waals surface area contributed by atoms with Crippen molar-refractivity contribution in [1.82, 2.24) is 4.40 Å². The molecule has 0 aliphatic carbocycles. The van der Waals surface area contributed by atoms with Crippen molar-refractivity contribution in [2.45, 2.75) is 6.92 Å². The van der Waals surface area contributed by atoms with Gasteiger partial charge in [-0.2, -0.15) is 0 Å². The summed E-state index contributed by atoms with van der Waals surface area (Å²) in [5.41, 5.74) is 3.47. The molecule has 0 fully saturated rings. The highest BCUT2D eigenvalue weighted by Gasteiger charge is 2.16. The van der Waals surface area contributed by atoms with E-state index in [4.69, 9.17) is 4.74 Å². The predicted molar refractivity (Wildman–Crippen MR) is 86.5 cm³/mol.